The molecule has 1 fully saturated rings. The molecule has 120 valence electrons. The van der Waals surface area contributed by atoms with Gasteiger partial charge in [-0.15, -0.1) is 0 Å². The Morgan fingerprint density at radius 1 is 1.33 bits per heavy atom. The van der Waals surface area contributed by atoms with Gasteiger partial charge in [-0.2, -0.15) is 4.98 Å². The molecule has 0 aromatic carbocycles. The van der Waals surface area contributed by atoms with Gasteiger partial charge in [-0.05, 0) is 27.3 Å². The van der Waals surface area contributed by atoms with E-state index < -0.39 is 0 Å². The van der Waals surface area contributed by atoms with E-state index in [1.165, 1.54) is 0 Å². The zero-order valence-corrected chi connectivity index (χ0v) is 13.8. The third-order valence-corrected chi connectivity index (χ3v) is 4.24. The van der Waals surface area contributed by atoms with Gasteiger partial charge >= 0.3 is 0 Å². The first-order valence-electron chi connectivity index (χ1n) is 7.95. The highest BCUT2D eigenvalue weighted by Crippen LogP contribution is 2.24. The van der Waals surface area contributed by atoms with Crippen molar-refractivity contribution in [2.75, 3.05) is 26.2 Å². The fraction of sp³-hybridized carbons (Fsp3) is 0.867. The summed E-state index contributed by atoms with van der Waals surface area (Å²) in [6, 6.07) is 0.818. The van der Waals surface area contributed by atoms with E-state index in [9.17, 15) is 0 Å². The molecule has 3 atom stereocenters. The maximum atomic E-state index is 5.80. The van der Waals surface area contributed by atoms with Crippen molar-refractivity contribution in [3.05, 3.63) is 11.7 Å². The minimum absolute atomic E-state index is 0.0831. The third-order valence-electron chi connectivity index (χ3n) is 4.24. The smallest absolute Gasteiger partial charge is 0.231 e. The van der Waals surface area contributed by atoms with E-state index in [0.29, 0.717) is 23.8 Å². The molecular formula is C15H28N4O2. The van der Waals surface area contributed by atoms with Gasteiger partial charge < -0.3 is 14.6 Å². The molecule has 6 heteroatoms. The second-order valence-corrected chi connectivity index (χ2v) is 6.07. The fourth-order valence-electron chi connectivity index (χ4n) is 2.57. The van der Waals surface area contributed by atoms with Crippen LogP contribution in [0, 0.1) is 0 Å². The van der Waals surface area contributed by atoms with Gasteiger partial charge in [-0.25, -0.2) is 0 Å². The summed E-state index contributed by atoms with van der Waals surface area (Å²) < 4.78 is 11.2. The summed E-state index contributed by atoms with van der Waals surface area (Å²) in [6.07, 6.45) is -0.0831. The normalized spacial score (nSPS) is 23.4. The van der Waals surface area contributed by atoms with Crippen LogP contribution in [0.2, 0.25) is 0 Å². The van der Waals surface area contributed by atoms with E-state index in [0.717, 1.165) is 26.2 Å². The molecule has 0 spiro atoms. The SMILES string of the molecule is CCNC(C)C(C)c1nc(C2CN(C(C)C)CCO2)no1. The Kier molecular flexibility index (Phi) is 5.72. The van der Waals surface area contributed by atoms with Gasteiger partial charge in [-0.1, -0.05) is 19.0 Å². The third kappa shape index (κ3) is 4.02. The van der Waals surface area contributed by atoms with Crippen LogP contribution < -0.4 is 5.32 Å². The van der Waals surface area contributed by atoms with Gasteiger partial charge in [0.15, 0.2) is 0 Å². The van der Waals surface area contributed by atoms with Crippen molar-refractivity contribution in [3.8, 4) is 0 Å². The number of morpholine rings is 1. The summed E-state index contributed by atoms with van der Waals surface area (Å²) in [4.78, 5) is 6.95. The Hall–Kier alpha value is -0.980. The summed E-state index contributed by atoms with van der Waals surface area (Å²) in [5, 5.41) is 7.52. The number of nitrogens with one attached hydrogen (secondary N) is 1. The van der Waals surface area contributed by atoms with Crippen LogP contribution >= 0.6 is 0 Å². The molecular weight excluding hydrogens is 268 g/mol. The average molecular weight is 296 g/mol. The van der Waals surface area contributed by atoms with E-state index in [-0.39, 0.29) is 12.0 Å². The molecule has 3 unspecified atom stereocenters. The highest BCUT2D eigenvalue weighted by atomic mass is 16.5. The van der Waals surface area contributed by atoms with Crippen LogP contribution in [0.15, 0.2) is 4.52 Å². The zero-order valence-electron chi connectivity index (χ0n) is 13.8. The number of hydrogen-bond donors (Lipinski definition) is 1. The quantitative estimate of drug-likeness (QED) is 0.865. The summed E-state index contributed by atoms with van der Waals surface area (Å²) in [5.74, 6) is 1.55. The predicted octanol–water partition coefficient (Wildman–Crippen LogP) is 1.95. The standard InChI is InChI=1S/C15H28N4O2/c1-6-16-12(5)11(4)15-17-14(18-21-15)13-9-19(10(2)3)7-8-20-13/h10-13,16H,6-9H2,1-5H3. The Bertz CT molecular complexity index is 435. The lowest BCUT2D eigenvalue weighted by Gasteiger charge is -2.34. The van der Waals surface area contributed by atoms with Gasteiger partial charge in [0.2, 0.25) is 11.7 Å². The van der Waals surface area contributed by atoms with Crippen LogP contribution in [-0.2, 0) is 4.74 Å². The highest BCUT2D eigenvalue weighted by molar-refractivity contribution is 5.00. The Balaban J connectivity index is 2.02. The summed E-state index contributed by atoms with van der Waals surface area (Å²) in [5.41, 5.74) is 0. The molecule has 1 saturated heterocycles. The fourth-order valence-corrected chi connectivity index (χ4v) is 2.57. The molecule has 1 N–H and O–H groups in total. The summed E-state index contributed by atoms with van der Waals surface area (Å²) >= 11 is 0. The molecule has 0 bridgehead atoms. The van der Waals surface area contributed by atoms with E-state index >= 15 is 0 Å². The Morgan fingerprint density at radius 3 is 2.76 bits per heavy atom. The van der Waals surface area contributed by atoms with Crippen LogP contribution in [-0.4, -0.2) is 53.4 Å². The topological polar surface area (TPSA) is 63.4 Å². The lowest BCUT2D eigenvalue weighted by molar-refractivity contribution is -0.0450. The maximum absolute atomic E-state index is 5.80. The number of aromatic nitrogens is 2. The molecule has 0 aliphatic carbocycles. The molecule has 0 radical (unpaired) electrons. The Morgan fingerprint density at radius 2 is 2.10 bits per heavy atom. The van der Waals surface area contributed by atoms with Crippen LogP contribution in [0.3, 0.4) is 0 Å². The number of ether oxygens (including phenoxy) is 1. The zero-order chi connectivity index (χ0) is 15.4. The van der Waals surface area contributed by atoms with Crippen LogP contribution in [0.4, 0.5) is 0 Å². The maximum Gasteiger partial charge on any atom is 0.231 e. The molecule has 6 nitrogen and oxygen atoms in total. The molecule has 0 saturated carbocycles. The molecule has 2 heterocycles. The van der Waals surface area contributed by atoms with Crippen molar-refractivity contribution in [1.82, 2.24) is 20.4 Å². The van der Waals surface area contributed by atoms with Gasteiger partial charge in [0.25, 0.3) is 0 Å². The monoisotopic (exact) mass is 296 g/mol. The van der Waals surface area contributed by atoms with Gasteiger partial charge in [0.1, 0.15) is 6.10 Å². The van der Waals surface area contributed by atoms with Crippen LogP contribution in [0.1, 0.15) is 58.4 Å². The first-order chi connectivity index (χ1) is 10.0. The molecule has 1 aliphatic rings. The minimum atomic E-state index is -0.0831. The van der Waals surface area contributed by atoms with Crippen molar-refractivity contribution >= 4 is 0 Å². The second kappa shape index (κ2) is 7.33. The van der Waals surface area contributed by atoms with Gasteiger partial charge in [0.05, 0.1) is 12.5 Å². The Labute approximate surface area is 127 Å². The van der Waals surface area contributed by atoms with E-state index in [4.69, 9.17) is 9.26 Å². The molecule has 21 heavy (non-hydrogen) atoms. The largest absolute Gasteiger partial charge is 0.367 e. The van der Waals surface area contributed by atoms with Crippen LogP contribution in [0.25, 0.3) is 0 Å². The van der Waals surface area contributed by atoms with Crippen molar-refractivity contribution in [1.29, 1.82) is 0 Å². The van der Waals surface area contributed by atoms with Crippen molar-refractivity contribution in [2.24, 2.45) is 0 Å². The number of likely N-dealkylation sites (N-methyl/N-ethyl adjacent to an activating group) is 1. The predicted molar refractivity (Wildman–Crippen MR) is 81.3 cm³/mol. The number of nitrogens with zero attached hydrogens (tertiary/aromatic N) is 3. The van der Waals surface area contributed by atoms with E-state index in [2.05, 4.69) is 55.0 Å². The highest BCUT2D eigenvalue weighted by Gasteiger charge is 2.29. The summed E-state index contributed by atoms with van der Waals surface area (Å²) in [7, 11) is 0. The average Bonchev–Trinajstić information content (AvgIpc) is 2.96. The van der Waals surface area contributed by atoms with Crippen LogP contribution in [0.5, 0.6) is 0 Å². The molecule has 0 amide bonds. The van der Waals surface area contributed by atoms with Crippen molar-refractivity contribution < 1.29 is 9.26 Å². The first-order valence-corrected chi connectivity index (χ1v) is 7.95. The molecule has 1 aliphatic heterocycles. The lowest BCUT2D eigenvalue weighted by Crippen LogP contribution is -2.42. The second-order valence-electron chi connectivity index (χ2n) is 6.07. The molecule has 1 aromatic rings. The lowest BCUT2D eigenvalue weighted by atomic mass is 10.0. The van der Waals surface area contributed by atoms with Gasteiger partial charge in [0, 0.05) is 25.2 Å². The van der Waals surface area contributed by atoms with Crippen molar-refractivity contribution in [3.63, 3.8) is 0 Å². The number of hydrogen-bond acceptors (Lipinski definition) is 6. The molecule has 2 rings (SSSR count). The van der Waals surface area contributed by atoms with E-state index in [1.807, 2.05) is 0 Å². The number of rotatable bonds is 6. The van der Waals surface area contributed by atoms with E-state index in [1.54, 1.807) is 0 Å². The summed E-state index contributed by atoms with van der Waals surface area (Å²) in [6.45, 7) is 14.2. The molecule has 1 aromatic heterocycles. The minimum Gasteiger partial charge on any atom is -0.367 e. The van der Waals surface area contributed by atoms with Crippen molar-refractivity contribution in [2.45, 2.75) is 58.7 Å². The van der Waals surface area contributed by atoms with Gasteiger partial charge in [-0.3, -0.25) is 4.90 Å². The first kappa shape index (κ1) is 16.4.